The van der Waals surface area contributed by atoms with Crippen LogP contribution in [0.5, 0.6) is 0 Å². The highest BCUT2D eigenvalue weighted by Gasteiger charge is 1.92. The van der Waals surface area contributed by atoms with E-state index in [-0.39, 0.29) is 12.8 Å². The number of nitrogens with one attached hydrogen (secondary N) is 1. The van der Waals surface area contributed by atoms with Gasteiger partial charge in [-0.1, -0.05) is 5.92 Å². The molecule has 0 aromatic rings. The maximum Gasteiger partial charge on any atom is 0.135 e. The van der Waals surface area contributed by atoms with Crippen LogP contribution in [0.1, 0.15) is 6.92 Å². The normalized spacial score (nSPS) is 11.6. The second kappa shape index (κ2) is 4.65. The van der Waals surface area contributed by atoms with Crippen LogP contribution in [0.4, 0.5) is 4.79 Å². The summed E-state index contributed by atoms with van der Waals surface area (Å²) >= 11 is 0. The summed E-state index contributed by atoms with van der Waals surface area (Å²) in [6, 6.07) is 0. The first-order valence-electron chi connectivity index (χ1n) is 2.69. The van der Waals surface area contributed by atoms with Crippen LogP contribution in [-0.2, 0) is 4.74 Å². The molecule has 56 valence electrons. The van der Waals surface area contributed by atoms with Gasteiger partial charge in [0.05, 0.1) is 0 Å². The first-order chi connectivity index (χ1) is 4.66. The van der Waals surface area contributed by atoms with Crippen molar-refractivity contribution in [2.45, 2.75) is 13.0 Å². The maximum absolute atomic E-state index is 9.72. The van der Waals surface area contributed by atoms with Crippen LogP contribution < -0.4 is 10.4 Å². The molecule has 4 heteroatoms. The lowest BCUT2D eigenvalue weighted by atomic mass is 10.4. The van der Waals surface area contributed by atoms with Crippen LogP contribution in [0.25, 0.3) is 0 Å². The van der Waals surface area contributed by atoms with Gasteiger partial charge in [0.15, 0.2) is 0 Å². The third-order valence-corrected chi connectivity index (χ3v) is 0.785. The fourth-order valence-electron chi connectivity index (χ4n) is 0.274. The van der Waals surface area contributed by atoms with Gasteiger partial charge in [-0.2, -0.15) is 0 Å². The summed E-state index contributed by atoms with van der Waals surface area (Å²) in [5.41, 5.74) is 0. The van der Waals surface area contributed by atoms with Crippen LogP contribution in [-0.4, -0.2) is 18.9 Å². The van der Waals surface area contributed by atoms with Crippen molar-refractivity contribution in [1.82, 2.24) is 5.32 Å². The molecule has 0 aromatic carbocycles. The minimum atomic E-state index is -1.37. The average Bonchev–Trinajstić information content (AvgIpc) is 1.87. The van der Waals surface area contributed by atoms with Crippen molar-refractivity contribution in [3.05, 3.63) is 0 Å². The Balaban J connectivity index is 3.22. The molecule has 0 saturated carbocycles. The Morgan fingerprint density at radius 1 is 2.00 bits per heavy atom. The molecule has 1 amide bonds. The second-order valence-corrected chi connectivity index (χ2v) is 1.58. The van der Waals surface area contributed by atoms with E-state index in [1.54, 1.807) is 6.92 Å². The van der Waals surface area contributed by atoms with E-state index in [1.165, 1.54) is 0 Å². The van der Waals surface area contributed by atoms with Crippen LogP contribution in [0, 0.1) is 12.3 Å². The molecule has 0 heterocycles. The summed E-state index contributed by atoms with van der Waals surface area (Å²) in [6.45, 7) is 1.50. The van der Waals surface area contributed by atoms with Crippen molar-refractivity contribution in [3.8, 4) is 12.3 Å². The molecule has 4 nitrogen and oxygen atoms in total. The molecule has 0 saturated heterocycles. The van der Waals surface area contributed by atoms with Crippen molar-refractivity contribution in [1.29, 1.82) is 0 Å². The van der Waals surface area contributed by atoms with Crippen molar-refractivity contribution in [3.63, 3.8) is 0 Å². The van der Waals surface area contributed by atoms with Gasteiger partial charge in [0.25, 0.3) is 0 Å². The fourth-order valence-corrected chi connectivity index (χ4v) is 0.274. The standard InChI is InChI=1S/C6H9NO3/c1-3-5(2)10-4-7-6(8)9/h1,5,7H,4H2,2H3,(H,8,9)/p-1. The number of ether oxygens (including phenoxy) is 1. The molecule has 0 spiro atoms. The van der Waals surface area contributed by atoms with E-state index < -0.39 is 6.09 Å². The average molecular weight is 142 g/mol. The van der Waals surface area contributed by atoms with Crippen LogP contribution in [0.15, 0.2) is 0 Å². The lowest BCUT2D eigenvalue weighted by Crippen LogP contribution is -2.38. The first-order valence-corrected chi connectivity index (χ1v) is 2.69. The van der Waals surface area contributed by atoms with Crippen LogP contribution >= 0.6 is 0 Å². The highest BCUT2D eigenvalue weighted by Crippen LogP contribution is 1.83. The molecular formula is C6H8NO3-. The Kier molecular flexibility index (Phi) is 4.09. The Hall–Kier alpha value is -1.21. The zero-order valence-electron chi connectivity index (χ0n) is 5.59. The van der Waals surface area contributed by atoms with Gasteiger partial charge < -0.3 is 20.0 Å². The Bertz CT molecular complexity index is 150. The van der Waals surface area contributed by atoms with E-state index in [0.29, 0.717) is 0 Å². The van der Waals surface area contributed by atoms with E-state index in [2.05, 4.69) is 5.92 Å². The number of terminal acetylenes is 1. The molecule has 0 aliphatic rings. The zero-order valence-corrected chi connectivity index (χ0v) is 5.59. The number of amides is 1. The molecule has 0 radical (unpaired) electrons. The molecule has 0 fully saturated rings. The van der Waals surface area contributed by atoms with Crippen LogP contribution in [0.3, 0.4) is 0 Å². The summed E-state index contributed by atoms with van der Waals surface area (Å²) in [7, 11) is 0. The van der Waals surface area contributed by atoms with Gasteiger partial charge in [-0.05, 0) is 6.92 Å². The highest BCUT2D eigenvalue weighted by atomic mass is 16.5. The van der Waals surface area contributed by atoms with E-state index in [4.69, 9.17) is 11.2 Å². The molecule has 1 unspecified atom stereocenters. The van der Waals surface area contributed by atoms with E-state index in [0.717, 1.165) is 0 Å². The molecular weight excluding hydrogens is 134 g/mol. The van der Waals surface area contributed by atoms with E-state index >= 15 is 0 Å². The molecule has 1 N–H and O–H groups in total. The summed E-state index contributed by atoms with van der Waals surface area (Å²) in [5.74, 6) is 2.26. The number of rotatable bonds is 3. The monoisotopic (exact) mass is 142 g/mol. The number of carboxylic acid groups (broad SMARTS) is 1. The van der Waals surface area contributed by atoms with Gasteiger partial charge in [-0.25, -0.2) is 0 Å². The number of carbonyl (C=O) groups is 1. The molecule has 0 rings (SSSR count). The van der Waals surface area contributed by atoms with Crippen LogP contribution in [0.2, 0.25) is 0 Å². The highest BCUT2D eigenvalue weighted by molar-refractivity contribution is 5.61. The molecule has 1 atom stereocenters. The smallest absolute Gasteiger partial charge is 0.135 e. The predicted octanol–water partition coefficient (Wildman–Crippen LogP) is -1.08. The quantitative estimate of drug-likeness (QED) is 0.402. The predicted molar refractivity (Wildman–Crippen MR) is 32.8 cm³/mol. The van der Waals surface area contributed by atoms with Gasteiger partial charge in [-0.3, -0.25) is 0 Å². The Morgan fingerprint density at radius 2 is 2.60 bits per heavy atom. The molecule has 0 aliphatic heterocycles. The van der Waals surface area contributed by atoms with Crippen molar-refractivity contribution in [2.24, 2.45) is 0 Å². The van der Waals surface area contributed by atoms with Gasteiger partial charge in [0.1, 0.15) is 18.9 Å². The number of carbonyl (C=O) groups excluding carboxylic acids is 1. The Morgan fingerprint density at radius 3 is 3.00 bits per heavy atom. The minimum Gasteiger partial charge on any atom is -0.530 e. The largest absolute Gasteiger partial charge is 0.530 e. The van der Waals surface area contributed by atoms with E-state index in [1.807, 2.05) is 5.32 Å². The minimum absolute atomic E-state index is 0.131. The van der Waals surface area contributed by atoms with E-state index in [9.17, 15) is 9.90 Å². The maximum atomic E-state index is 9.72. The second-order valence-electron chi connectivity index (χ2n) is 1.58. The lowest BCUT2D eigenvalue weighted by Gasteiger charge is -2.08. The SMILES string of the molecule is C#CC(C)OCNC(=O)[O-]. The molecule has 0 aromatic heterocycles. The summed E-state index contributed by atoms with van der Waals surface area (Å²) in [6.07, 6.45) is 3.17. The zero-order chi connectivity index (χ0) is 7.98. The van der Waals surface area contributed by atoms with Crippen molar-refractivity contribution < 1.29 is 14.6 Å². The topological polar surface area (TPSA) is 61.4 Å². The summed E-state index contributed by atoms with van der Waals surface area (Å²) in [4.78, 5) is 9.72. The number of hydrogen-bond acceptors (Lipinski definition) is 3. The summed E-state index contributed by atoms with van der Waals surface area (Å²) in [5, 5.41) is 11.6. The fraction of sp³-hybridized carbons (Fsp3) is 0.500. The third-order valence-electron chi connectivity index (χ3n) is 0.785. The van der Waals surface area contributed by atoms with Gasteiger partial charge in [0.2, 0.25) is 0 Å². The molecule has 0 bridgehead atoms. The van der Waals surface area contributed by atoms with Gasteiger partial charge in [-0.15, -0.1) is 6.42 Å². The van der Waals surface area contributed by atoms with Crippen molar-refractivity contribution >= 4 is 6.09 Å². The first kappa shape index (κ1) is 8.79. The molecule has 10 heavy (non-hydrogen) atoms. The van der Waals surface area contributed by atoms with Gasteiger partial charge >= 0.3 is 0 Å². The number of hydrogen-bond donors (Lipinski definition) is 1. The van der Waals surface area contributed by atoms with Gasteiger partial charge in [0, 0.05) is 0 Å². The summed E-state index contributed by atoms with van der Waals surface area (Å²) < 4.78 is 4.73. The lowest BCUT2D eigenvalue weighted by molar-refractivity contribution is -0.252. The molecule has 0 aliphatic carbocycles. The third kappa shape index (κ3) is 4.94. The Labute approximate surface area is 59.2 Å². The van der Waals surface area contributed by atoms with Crippen molar-refractivity contribution in [2.75, 3.05) is 6.73 Å².